The van der Waals surface area contributed by atoms with E-state index in [4.69, 9.17) is 5.73 Å². The molecule has 0 aromatic heterocycles. The van der Waals surface area contributed by atoms with Gasteiger partial charge in [0.1, 0.15) is 0 Å². The van der Waals surface area contributed by atoms with Crippen molar-refractivity contribution in [2.75, 3.05) is 20.1 Å². The molecule has 0 radical (unpaired) electrons. The van der Waals surface area contributed by atoms with Crippen LogP contribution >= 0.6 is 0 Å². The van der Waals surface area contributed by atoms with Crippen LogP contribution in [0, 0.1) is 0 Å². The lowest BCUT2D eigenvalue weighted by molar-refractivity contribution is -0.132. The maximum atomic E-state index is 11.2. The van der Waals surface area contributed by atoms with Gasteiger partial charge in [-0.2, -0.15) is 0 Å². The predicted octanol–water partition coefficient (Wildman–Crippen LogP) is -1.71. The first-order valence-electron chi connectivity index (χ1n) is 3.87. The second-order valence-corrected chi connectivity index (χ2v) is 2.96. The molecule has 1 atom stereocenters. The third-order valence-electron chi connectivity index (χ3n) is 1.99. The Hall–Kier alpha value is -1.10. The maximum absolute atomic E-state index is 11.2. The number of carbonyl (C=O) groups is 2. The minimum absolute atomic E-state index is 0.0995. The van der Waals surface area contributed by atoms with Gasteiger partial charge >= 0.3 is 0 Å². The van der Waals surface area contributed by atoms with Crippen molar-refractivity contribution >= 4 is 11.8 Å². The van der Waals surface area contributed by atoms with Crippen molar-refractivity contribution in [3.05, 3.63) is 0 Å². The van der Waals surface area contributed by atoms with Gasteiger partial charge in [0, 0.05) is 13.1 Å². The van der Waals surface area contributed by atoms with Crippen LogP contribution in [0.1, 0.15) is 6.42 Å². The van der Waals surface area contributed by atoms with Crippen molar-refractivity contribution < 1.29 is 9.59 Å². The molecular formula is C7H13N3O2. The molecule has 0 bridgehead atoms. The van der Waals surface area contributed by atoms with Crippen molar-refractivity contribution in [1.29, 1.82) is 0 Å². The molecule has 5 nitrogen and oxygen atoms in total. The molecule has 0 spiro atoms. The largest absolute Gasteiger partial charge is 0.370 e. The van der Waals surface area contributed by atoms with E-state index in [0.29, 0.717) is 6.54 Å². The highest BCUT2D eigenvalue weighted by molar-refractivity contribution is 5.88. The summed E-state index contributed by atoms with van der Waals surface area (Å²) in [6.45, 7) is 1.41. The zero-order chi connectivity index (χ0) is 9.14. The van der Waals surface area contributed by atoms with Crippen molar-refractivity contribution in [1.82, 2.24) is 10.2 Å². The highest BCUT2D eigenvalue weighted by Crippen LogP contribution is 2.04. The minimum atomic E-state index is -0.441. The summed E-state index contributed by atoms with van der Waals surface area (Å²) in [6.07, 6.45) is 0.0995. The second kappa shape index (κ2) is 3.53. The number of hydrogen-bond acceptors (Lipinski definition) is 3. The molecule has 0 aliphatic carbocycles. The van der Waals surface area contributed by atoms with Gasteiger partial charge in [0.15, 0.2) is 0 Å². The number of piperazine rings is 1. The molecule has 0 aromatic carbocycles. The van der Waals surface area contributed by atoms with Crippen LogP contribution in [0.2, 0.25) is 0 Å². The summed E-state index contributed by atoms with van der Waals surface area (Å²) < 4.78 is 0. The third-order valence-corrected chi connectivity index (χ3v) is 1.99. The van der Waals surface area contributed by atoms with E-state index in [0.717, 1.165) is 6.54 Å². The SMILES string of the molecule is CN1CCNC(=O)[C@@H]1CC(N)=O. The topological polar surface area (TPSA) is 75.4 Å². The van der Waals surface area contributed by atoms with Crippen molar-refractivity contribution in [2.45, 2.75) is 12.5 Å². The lowest BCUT2D eigenvalue weighted by Gasteiger charge is -2.30. The average molecular weight is 171 g/mol. The van der Waals surface area contributed by atoms with Gasteiger partial charge in [0.25, 0.3) is 0 Å². The molecular weight excluding hydrogens is 158 g/mol. The number of hydrogen-bond donors (Lipinski definition) is 2. The third kappa shape index (κ3) is 1.94. The molecule has 12 heavy (non-hydrogen) atoms. The fraction of sp³-hybridized carbons (Fsp3) is 0.714. The fourth-order valence-corrected chi connectivity index (χ4v) is 1.27. The minimum Gasteiger partial charge on any atom is -0.370 e. The normalized spacial score (nSPS) is 25.1. The van der Waals surface area contributed by atoms with Crippen LogP contribution in [0.15, 0.2) is 0 Å². The number of nitrogens with one attached hydrogen (secondary N) is 1. The summed E-state index contributed by atoms with van der Waals surface area (Å²) in [5.41, 5.74) is 5.00. The molecule has 0 saturated carbocycles. The molecule has 1 heterocycles. The Morgan fingerprint density at radius 1 is 1.83 bits per heavy atom. The van der Waals surface area contributed by atoms with Gasteiger partial charge in [0.2, 0.25) is 11.8 Å². The van der Waals surface area contributed by atoms with E-state index in [1.54, 1.807) is 0 Å². The Morgan fingerprint density at radius 3 is 3.00 bits per heavy atom. The Labute approximate surface area is 70.9 Å². The van der Waals surface area contributed by atoms with E-state index in [-0.39, 0.29) is 18.4 Å². The van der Waals surface area contributed by atoms with Crippen LogP contribution < -0.4 is 11.1 Å². The summed E-state index contributed by atoms with van der Waals surface area (Å²) in [4.78, 5) is 23.6. The number of primary amides is 1. The molecule has 0 aromatic rings. The van der Waals surface area contributed by atoms with Crippen molar-refractivity contribution in [3.8, 4) is 0 Å². The maximum Gasteiger partial charge on any atom is 0.237 e. The highest BCUT2D eigenvalue weighted by Gasteiger charge is 2.27. The Morgan fingerprint density at radius 2 is 2.50 bits per heavy atom. The van der Waals surface area contributed by atoms with E-state index in [1.807, 2.05) is 11.9 Å². The van der Waals surface area contributed by atoms with Crippen LogP contribution in [-0.4, -0.2) is 42.9 Å². The molecule has 1 aliphatic heterocycles. The summed E-state index contributed by atoms with van der Waals surface area (Å²) >= 11 is 0. The first kappa shape index (κ1) is 8.99. The smallest absolute Gasteiger partial charge is 0.237 e. The van der Waals surface area contributed by atoms with Gasteiger partial charge in [-0.25, -0.2) is 0 Å². The second-order valence-electron chi connectivity index (χ2n) is 2.96. The summed E-state index contributed by atoms with van der Waals surface area (Å²) in [6, 6.07) is -0.378. The molecule has 1 fully saturated rings. The lowest BCUT2D eigenvalue weighted by atomic mass is 10.1. The zero-order valence-electron chi connectivity index (χ0n) is 7.04. The molecule has 2 amide bonds. The lowest BCUT2D eigenvalue weighted by Crippen LogP contribution is -2.54. The van der Waals surface area contributed by atoms with Crippen LogP contribution in [0.3, 0.4) is 0 Å². The standard InChI is InChI=1S/C7H13N3O2/c1-10-3-2-9-7(12)5(10)4-6(8)11/h5H,2-4H2,1H3,(H2,8,11)(H,9,12)/t5-/m0/s1. The molecule has 1 saturated heterocycles. The monoisotopic (exact) mass is 171 g/mol. The van der Waals surface area contributed by atoms with E-state index in [9.17, 15) is 9.59 Å². The molecule has 5 heteroatoms. The molecule has 1 rings (SSSR count). The van der Waals surface area contributed by atoms with Gasteiger partial charge < -0.3 is 11.1 Å². The van der Waals surface area contributed by atoms with Gasteiger partial charge in [-0.1, -0.05) is 0 Å². The number of nitrogens with two attached hydrogens (primary N) is 1. The summed E-state index contributed by atoms with van der Waals surface area (Å²) in [5.74, 6) is -0.550. The average Bonchev–Trinajstić information content (AvgIpc) is 1.97. The quantitative estimate of drug-likeness (QED) is 0.519. The first-order valence-corrected chi connectivity index (χ1v) is 3.87. The number of nitrogens with zero attached hydrogens (tertiary/aromatic N) is 1. The Kier molecular flexibility index (Phi) is 2.65. The molecule has 68 valence electrons. The van der Waals surface area contributed by atoms with E-state index in [1.165, 1.54) is 0 Å². The zero-order valence-corrected chi connectivity index (χ0v) is 7.04. The number of likely N-dealkylation sites (N-methyl/N-ethyl adjacent to an activating group) is 1. The number of amides is 2. The molecule has 1 aliphatic rings. The summed E-state index contributed by atoms with van der Waals surface area (Å²) in [5, 5.41) is 2.68. The van der Waals surface area contributed by atoms with Gasteiger partial charge in [-0.3, -0.25) is 14.5 Å². The summed E-state index contributed by atoms with van der Waals surface area (Å²) in [7, 11) is 1.81. The van der Waals surface area contributed by atoms with E-state index >= 15 is 0 Å². The first-order chi connectivity index (χ1) is 5.61. The highest BCUT2D eigenvalue weighted by atomic mass is 16.2. The fourth-order valence-electron chi connectivity index (χ4n) is 1.27. The number of rotatable bonds is 2. The predicted molar refractivity (Wildman–Crippen MR) is 43.2 cm³/mol. The van der Waals surface area contributed by atoms with Crippen LogP contribution in [0.25, 0.3) is 0 Å². The Balaban J connectivity index is 2.57. The number of carbonyl (C=O) groups excluding carboxylic acids is 2. The van der Waals surface area contributed by atoms with E-state index < -0.39 is 5.91 Å². The molecule has 0 unspecified atom stereocenters. The van der Waals surface area contributed by atoms with Gasteiger partial charge in [0.05, 0.1) is 12.5 Å². The molecule has 3 N–H and O–H groups in total. The van der Waals surface area contributed by atoms with E-state index in [2.05, 4.69) is 5.32 Å². The van der Waals surface area contributed by atoms with Gasteiger partial charge in [-0.15, -0.1) is 0 Å². The van der Waals surface area contributed by atoms with Crippen LogP contribution in [-0.2, 0) is 9.59 Å². The van der Waals surface area contributed by atoms with Crippen molar-refractivity contribution in [3.63, 3.8) is 0 Å². The van der Waals surface area contributed by atoms with Gasteiger partial charge in [-0.05, 0) is 7.05 Å². The van der Waals surface area contributed by atoms with Crippen LogP contribution in [0.4, 0.5) is 0 Å². The van der Waals surface area contributed by atoms with Crippen LogP contribution in [0.5, 0.6) is 0 Å². The van der Waals surface area contributed by atoms with Crippen molar-refractivity contribution in [2.24, 2.45) is 5.73 Å². The Bertz CT molecular complexity index is 205.